The lowest BCUT2D eigenvalue weighted by molar-refractivity contribution is 0.100. The van der Waals surface area contributed by atoms with Crippen LogP contribution in [0.2, 0.25) is 0 Å². The lowest BCUT2D eigenvalue weighted by Crippen LogP contribution is -2.43. The van der Waals surface area contributed by atoms with Gasteiger partial charge in [0, 0.05) is 32.9 Å². The Labute approximate surface area is 112 Å². The molecule has 1 rings (SSSR count). The number of rotatable bonds is 10. The van der Waals surface area contributed by atoms with Crippen LogP contribution in [0.4, 0.5) is 0 Å². The van der Waals surface area contributed by atoms with E-state index < -0.39 is 0 Å². The molecule has 1 aliphatic heterocycles. The van der Waals surface area contributed by atoms with Crippen molar-refractivity contribution in [1.29, 1.82) is 0 Å². The Morgan fingerprint density at radius 3 is 2.61 bits per heavy atom. The molecule has 0 unspecified atom stereocenters. The Kier molecular flexibility index (Phi) is 9.48. The molecule has 0 aromatic heterocycles. The van der Waals surface area contributed by atoms with Gasteiger partial charge in [-0.2, -0.15) is 0 Å². The molecule has 1 heterocycles. The van der Waals surface area contributed by atoms with Crippen LogP contribution >= 0.6 is 0 Å². The van der Waals surface area contributed by atoms with Gasteiger partial charge in [0.1, 0.15) is 0 Å². The van der Waals surface area contributed by atoms with Crippen molar-refractivity contribution in [3.63, 3.8) is 0 Å². The molecule has 0 amide bonds. The summed E-state index contributed by atoms with van der Waals surface area (Å²) in [6.07, 6.45) is 4.83. The highest BCUT2D eigenvalue weighted by Gasteiger charge is 2.17. The first-order chi connectivity index (χ1) is 8.86. The Hall–Kier alpha value is -0.160. The maximum atomic E-state index is 5.53. The fraction of sp³-hybridized carbons (Fsp3) is 1.00. The van der Waals surface area contributed by atoms with Gasteiger partial charge in [0.05, 0.1) is 6.61 Å². The molecule has 0 atom stereocenters. The smallest absolute Gasteiger partial charge is 0.0591 e. The summed E-state index contributed by atoms with van der Waals surface area (Å²) in [5.41, 5.74) is 0. The van der Waals surface area contributed by atoms with Crippen LogP contribution in [-0.2, 0) is 9.47 Å². The lowest BCUT2D eigenvalue weighted by Gasteiger charge is -2.32. The molecule has 0 aromatic rings. The van der Waals surface area contributed by atoms with Crippen LogP contribution in [-0.4, -0.2) is 64.1 Å². The molecule has 4 nitrogen and oxygen atoms in total. The monoisotopic (exact) mass is 258 g/mol. The van der Waals surface area contributed by atoms with Crippen molar-refractivity contribution in [1.82, 2.24) is 10.2 Å². The zero-order valence-corrected chi connectivity index (χ0v) is 12.1. The normalized spacial score (nSPS) is 18.3. The van der Waals surface area contributed by atoms with Gasteiger partial charge in [0.2, 0.25) is 0 Å². The summed E-state index contributed by atoms with van der Waals surface area (Å²) >= 11 is 0. The molecule has 1 N–H and O–H groups in total. The Morgan fingerprint density at radius 1 is 1.17 bits per heavy atom. The Bertz CT molecular complexity index is 183. The molecule has 1 saturated heterocycles. The highest BCUT2D eigenvalue weighted by molar-refractivity contribution is 4.76. The van der Waals surface area contributed by atoms with Gasteiger partial charge in [-0.05, 0) is 45.3 Å². The van der Waals surface area contributed by atoms with Crippen molar-refractivity contribution in [3.8, 4) is 0 Å². The van der Waals surface area contributed by atoms with Crippen molar-refractivity contribution in [2.75, 3.05) is 53.1 Å². The Morgan fingerprint density at radius 2 is 1.94 bits per heavy atom. The van der Waals surface area contributed by atoms with Crippen molar-refractivity contribution < 1.29 is 9.47 Å². The Balaban J connectivity index is 1.88. The van der Waals surface area contributed by atoms with Crippen LogP contribution in [0, 0.1) is 0 Å². The minimum absolute atomic E-state index is 0.695. The zero-order valence-electron chi connectivity index (χ0n) is 12.1. The van der Waals surface area contributed by atoms with E-state index in [0.717, 1.165) is 32.8 Å². The molecule has 0 aromatic carbocycles. The van der Waals surface area contributed by atoms with Gasteiger partial charge in [-0.3, -0.25) is 0 Å². The number of nitrogens with one attached hydrogen (secondary N) is 1. The summed E-state index contributed by atoms with van der Waals surface area (Å²) < 4.78 is 10.5. The number of likely N-dealkylation sites (tertiary alicyclic amines) is 1. The number of methoxy groups -OCH3 is 1. The van der Waals surface area contributed by atoms with Crippen molar-refractivity contribution in [2.24, 2.45) is 0 Å². The predicted molar refractivity (Wildman–Crippen MR) is 75.1 cm³/mol. The van der Waals surface area contributed by atoms with Crippen LogP contribution in [0.1, 0.15) is 32.6 Å². The van der Waals surface area contributed by atoms with Crippen LogP contribution in [0.5, 0.6) is 0 Å². The molecule has 0 spiro atoms. The SMILES string of the molecule is CCCN1CCC(NCCOCCCOC)CC1. The maximum absolute atomic E-state index is 5.53. The molecule has 108 valence electrons. The molecular formula is C14H30N2O2. The van der Waals surface area contributed by atoms with Gasteiger partial charge < -0.3 is 19.7 Å². The third-order valence-electron chi connectivity index (χ3n) is 3.44. The van der Waals surface area contributed by atoms with E-state index in [0.29, 0.717) is 6.04 Å². The standard InChI is InChI=1S/C14H30N2O2/c1-3-8-16-9-5-14(6-10-16)15-7-13-18-12-4-11-17-2/h14-15H,3-13H2,1-2H3. The number of hydrogen-bond acceptors (Lipinski definition) is 4. The van der Waals surface area contributed by atoms with E-state index in [4.69, 9.17) is 9.47 Å². The third kappa shape index (κ3) is 7.31. The van der Waals surface area contributed by atoms with Gasteiger partial charge in [0.15, 0.2) is 0 Å². The van der Waals surface area contributed by atoms with Crippen LogP contribution < -0.4 is 5.32 Å². The molecule has 0 bridgehead atoms. The topological polar surface area (TPSA) is 33.7 Å². The van der Waals surface area contributed by atoms with Crippen molar-refractivity contribution in [3.05, 3.63) is 0 Å². The fourth-order valence-corrected chi connectivity index (χ4v) is 2.42. The second-order valence-electron chi connectivity index (χ2n) is 5.03. The van der Waals surface area contributed by atoms with E-state index in [9.17, 15) is 0 Å². The number of ether oxygens (including phenoxy) is 2. The van der Waals surface area contributed by atoms with Crippen molar-refractivity contribution >= 4 is 0 Å². The van der Waals surface area contributed by atoms with Crippen LogP contribution in [0.15, 0.2) is 0 Å². The molecular weight excluding hydrogens is 228 g/mol. The zero-order chi connectivity index (χ0) is 13.1. The molecule has 0 saturated carbocycles. The average molecular weight is 258 g/mol. The average Bonchev–Trinajstić information content (AvgIpc) is 2.40. The molecule has 0 aliphatic carbocycles. The number of piperidine rings is 1. The van der Waals surface area contributed by atoms with Gasteiger partial charge >= 0.3 is 0 Å². The minimum atomic E-state index is 0.695. The van der Waals surface area contributed by atoms with E-state index in [1.54, 1.807) is 7.11 Å². The van der Waals surface area contributed by atoms with Crippen LogP contribution in [0.3, 0.4) is 0 Å². The maximum Gasteiger partial charge on any atom is 0.0591 e. The first-order valence-electron chi connectivity index (χ1n) is 7.39. The van der Waals surface area contributed by atoms with E-state index in [2.05, 4.69) is 17.1 Å². The lowest BCUT2D eigenvalue weighted by atomic mass is 10.1. The first-order valence-corrected chi connectivity index (χ1v) is 7.39. The molecule has 0 radical (unpaired) electrons. The minimum Gasteiger partial charge on any atom is -0.385 e. The summed E-state index contributed by atoms with van der Waals surface area (Å²) in [6, 6.07) is 0.695. The second kappa shape index (κ2) is 10.7. The van der Waals surface area contributed by atoms with E-state index in [1.807, 2.05) is 0 Å². The summed E-state index contributed by atoms with van der Waals surface area (Å²) in [5, 5.41) is 3.59. The van der Waals surface area contributed by atoms with E-state index in [-0.39, 0.29) is 0 Å². The first kappa shape index (κ1) is 15.9. The third-order valence-corrected chi connectivity index (χ3v) is 3.44. The van der Waals surface area contributed by atoms with Crippen molar-refractivity contribution in [2.45, 2.75) is 38.6 Å². The highest BCUT2D eigenvalue weighted by Crippen LogP contribution is 2.10. The molecule has 18 heavy (non-hydrogen) atoms. The van der Waals surface area contributed by atoms with E-state index in [1.165, 1.54) is 38.9 Å². The van der Waals surface area contributed by atoms with E-state index >= 15 is 0 Å². The predicted octanol–water partition coefficient (Wildman–Crippen LogP) is 1.50. The quantitative estimate of drug-likeness (QED) is 0.602. The largest absolute Gasteiger partial charge is 0.385 e. The molecule has 1 fully saturated rings. The molecule has 1 aliphatic rings. The van der Waals surface area contributed by atoms with Crippen LogP contribution in [0.25, 0.3) is 0 Å². The van der Waals surface area contributed by atoms with Gasteiger partial charge in [-0.1, -0.05) is 6.92 Å². The summed E-state index contributed by atoms with van der Waals surface area (Å²) in [4.78, 5) is 2.57. The number of hydrogen-bond donors (Lipinski definition) is 1. The fourth-order valence-electron chi connectivity index (χ4n) is 2.42. The molecule has 4 heteroatoms. The summed E-state index contributed by atoms with van der Waals surface area (Å²) in [7, 11) is 1.73. The second-order valence-corrected chi connectivity index (χ2v) is 5.03. The number of nitrogens with zero attached hydrogens (tertiary/aromatic N) is 1. The summed E-state index contributed by atoms with van der Waals surface area (Å²) in [6.45, 7) is 9.42. The summed E-state index contributed by atoms with van der Waals surface area (Å²) in [5.74, 6) is 0. The van der Waals surface area contributed by atoms with Gasteiger partial charge in [-0.25, -0.2) is 0 Å². The highest BCUT2D eigenvalue weighted by atomic mass is 16.5. The van der Waals surface area contributed by atoms with Gasteiger partial charge in [0.25, 0.3) is 0 Å². The van der Waals surface area contributed by atoms with Gasteiger partial charge in [-0.15, -0.1) is 0 Å².